The second kappa shape index (κ2) is 7.85. The zero-order chi connectivity index (χ0) is 20.4. The van der Waals surface area contributed by atoms with Gasteiger partial charge in [0.2, 0.25) is 0 Å². The van der Waals surface area contributed by atoms with Gasteiger partial charge in [0.05, 0.1) is 0 Å². The molecule has 0 N–H and O–H groups in total. The number of rotatable bonds is 3. The van der Waals surface area contributed by atoms with Crippen LogP contribution in [0.2, 0.25) is 0 Å². The number of carbonyl (C=O) groups excluding carboxylic acids is 1. The maximum atomic E-state index is 13.3. The summed E-state index contributed by atoms with van der Waals surface area (Å²) in [6.45, 7) is 4.12. The molecule has 1 fully saturated rings. The molecule has 0 bridgehead atoms. The first-order valence-electron chi connectivity index (χ1n) is 8.91. The number of halogens is 3. The number of carbonyl (C=O) groups is 1. The molecule has 2 rings (SSSR count). The van der Waals surface area contributed by atoms with Crippen LogP contribution in [0.1, 0.15) is 37.5 Å². The van der Waals surface area contributed by atoms with E-state index in [0.29, 0.717) is 38.3 Å². The van der Waals surface area contributed by atoms with Crippen molar-refractivity contribution in [3.8, 4) is 12.3 Å². The number of terminal acetylenes is 1. The van der Waals surface area contributed by atoms with Crippen LogP contribution < -0.4 is 5.46 Å². The highest BCUT2D eigenvalue weighted by Gasteiger charge is 2.29. The number of amides is 1. The molecule has 8 heteroatoms. The van der Waals surface area contributed by atoms with E-state index < -0.39 is 18.0 Å². The number of ether oxygens (including phenoxy) is 1. The zero-order valence-corrected chi connectivity index (χ0v) is 16.2. The minimum atomic E-state index is -5.12. The van der Waals surface area contributed by atoms with Gasteiger partial charge in [-0.1, -0.05) is 17.6 Å². The van der Waals surface area contributed by atoms with Gasteiger partial charge < -0.3 is 22.6 Å². The predicted octanol–water partition coefficient (Wildman–Crippen LogP) is 3.08. The Balaban J connectivity index is 2.05. The number of piperazine rings is 1. The van der Waals surface area contributed by atoms with Gasteiger partial charge in [0.25, 0.3) is 0 Å². The van der Waals surface area contributed by atoms with E-state index in [9.17, 15) is 17.7 Å². The Bertz CT molecular complexity index is 743. The molecule has 0 saturated carbocycles. The average Bonchev–Trinajstić information content (AvgIpc) is 2.54. The third-order valence-electron chi connectivity index (χ3n) is 4.45. The summed E-state index contributed by atoms with van der Waals surface area (Å²) in [6.07, 6.45) is 5.02. The van der Waals surface area contributed by atoms with Gasteiger partial charge in [-0.2, -0.15) is 0 Å². The molecule has 0 aromatic heterocycles. The largest absolute Gasteiger partial charge is 0.509 e. The topological polar surface area (TPSA) is 32.8 Å². The number of hydrogen-bond acceptors (Lipinski definition) is 3. The Morgan fingerprint density at radius 3 is 2.30 bits per heavy atom. The molecule has 1 saturated heterocycles. The van der Waals surface area contributed by atoms with E-state index in [1.54, 1.807) is 31.7 Å². The first kappa shape index (κ1) is 21.2. The van der Waals surface area contributed by atoms with Crippen molar-refractivity contribution in [2.75, 3.05) is 26.2 Å². The van der Waals surface area contributed by atoms with E-state index in [2.05, 4.69) is 5.92 Å². The van der Waals surface area contributed by atoms with E-state index in [-0.39, 0.29) is 17.2 Å². The van der Waals surface area contributed by atoms with Crippen molar-refractivity contribution in [2.24, 2.45) is 0 Å². The monoisotopic (exact) mass is 381 g/mol. The Labute approximate surface area is 158 Å². The van der Waals surface area contributed by atoms with Crippen molar-refractivity contribution < 1.29 is 22.5 Å². The molecular weight excluding hydrogens is 356 g/mol. The molecule has 0 spiro atoms. The molecule has 4 nitrogen and oxygen atoms in total. The van der Waals surface area contributed by atoms with Crippen LogP contribution in [0.5, 0.6) is 0 Å². The number of benzene rings is 1. The lowest BCUT2D eigenvalue weighted by Gasteiger charge is -2.35. The fourth-order valence-corrected chi connectivity index (χ4v) is 3.05. The van der Waals surface area contributed by atoms with Crippen molar-refractivity contribution in [3.05, 3.63) is 28.8 Å². The highest BCUT2D eigenvalue weighted by Crippen LogP contribution is 2.19. The van der Waals surface area contributed by atoms with Crippen LogP contribution in [-0.4, -0.2) is 54.7 Å². The van der Waals surface area contributed by atoms with Crippen LogP contribution in [0.4, 0.5) is 17.7 Å². The van der Waals surface area contributed by atoms with Crippen molar-refractivity contribution in [1.82, 2.24) is 9.80 Å². The van der Waals surface area contributed by atoms with Crippen molar-refractivity contribution in [1.29, 1.82) is 0 Å². The van der Waals surface area contributed by atoms with E-state index in [4.69, 9.17) is 11.2 Å². The quantitative estimate of drug-likeness (QED) is 0.596. The molecule has 1 amide bonds. The van der Waals surface area contributed by atoms with Gasteiger partial charge in [0.15, 0.2) is 0 Å². The van der Waals surface area contributed by atoms with Crippen LogP contribution in [0.15, 0.2) is 12.1 Å². The smallest absolute Gasteiger partial charge is 0.445 e. The van der Waals surface area contributed by atoms with Gasteiger partial charge in [-0.15, -0.1) is 11.9 Å². The van der Waals surface area contributed by atoms with Gasteiger partial charge in [0, 0.05) is 38.3 Å². The summed E-state index contributed by atoms with van der Waals surface area (Å²) in [4.78, 5) is 15.7. The number of nitrogens with zero attached hydrogens (tertiary/aromatic N) is 2. The summed E-state index contributed by atoms with van der Waals surface area (Å²) in [5, 5.41) is 0. The maximum Gasteiger partial charge on any atom is 0.509 e. The molecular formula is C19H25BF3N2O2-. The molecule has 0 radical (unpaired) electrons. The molecule has 1 aliphatic rings. The van der Waals surface area contributed by atoms with Crippen LogP contribution in [-0.2, 0) is 11.3 Å². The van der Waals surface area contributed by atoms with E-state index >= 15 is 0 Å². The van der Waals surface area contributed by atoms with Crippen molar-refractivity contribution >= 4 is 18.5 Å². The van der Waals surface area contributed by atoms with Crippen LogP contribution >= 0.6 is 0 Å². The highest BCUT2D eigenvalue weighted by atomic mass is 19.4. The molecule has 0 unspecified atom stereocenters. The Kier molecular flexibility index (Phi) is 6.16. The third kappa shape index (κ3) is 5.67. The van der Waals surface area contributed by atoms with Crippen LogP contribution in [0.25, 0.3) is 0 Å². The molecule has 27 heavy (non-hydrogen) atoms. The van der Waals surface area contributed by atoms with Gasteiger partial charge in [-0.05, 0) is 39.3 Å². The molecule has 148 valence electrons. The summed E-state index contributed by atoms with van der Waals surface area (Å²) in [5.74, 6) is 2.35. The van der Waals surface area contributed by atoms with Gasteiger partial charge in [-0.25, -0.2) is 4.79 Å². The summed E-state index contributed by atoms with van der Waals surface area (Å²) >= 11 is 0. The molecule has 0 aliphatic carbocycles. The Hall–Kier alpha value is -2.14. The number of hydrogen-bond donors (Lipinski definition) is 0. The minimum Gasteiger partial charge on any atom is -0.445 e. The SMILES string of the molecule is C#Cc1cc(CN2CCN(C(=O)OC(C)(C)C)CC2)cc([B-](F)(F)F)c1C. The first-order valence-corrected chi connectivity index (χ1v) is 8.91. The van der Waals surface area contributed by atoms with Gasteiger partial charge in [0.1, 0.15) is 5.60 Å². The minimum absolute atomic E-state index is 0.100. The van der Waals surface area contributed by atoms with Crippen LogP contribution in [0.3, 0.4) is 0 Å². The molecule has 1 aromatic rings. The van der Waals surface area contributed by atoms with E-state index in [1.165, 1.54) is 13.0 Å². The molecule has 1 aliphatic heterocycles. The lowest BCUT2D eigenvalue weighted by molar-refractivity contribution is 0.0139. The van der Waals surface area contributed by atoms with Gasteiger partial charge in [-0.3, -0.25) is 4.90 Å². The highest BCUT2D eigenvalue weighted by molar-refractivity contribution is 6.74. The molecule has 1 heterocycles. The Morgan fingerprint density at radius 2 is 1.81 bits per heavy atom. The molecule has 1 aromatic carbocycles. The van der Waals surface area contributed by atoms with Crippen LogP contribution in [0, 0.1) is 19.3 Å². The van der Waals surface area contributed by atoms with Gasteiger partial charge >= 0.3 is 13.1 Å². The molecule has 0 atom stereocenters. The average molecular weight is 381 g/mol. The van der Waals surface area contributed by atoms with Crippen molar-refractivity contribution in [3.63, 3.8) is 0 Å². The normalized spacial score (nSPS) is 16.1. The predicted molar refractivity (Wildman–Crippen MR) is 101 cm³/mol. The fraction of sp³-hybridized carbons (Fsp3) is 0.526. The third-order valence-corrected chi connectivity index (χ3v) is 4.45. The lowest BCUT2D eigenvalue weighted by atomic mass is 9.75. The zero-order valence-electron chi connectivity index (χ0n) is 16.2. The second-order valence-electron chi connectivity index (χ2n) is 7.82. The maximum absolute atomic E-state index is 13.3. The standard InChI is InChI=1S/C19H25BF3N2O2/c1-6-16-11-15(12-17(14(16)2)20(21,22)23)13-24-7-9-25(10-8-24)18(26)27-19(3,4)5/h1,11-12H,7-10,13H2,2-5H3/q-1. The Morgan fingerprint density at radius 1 is 1.22 bits per heavy atom. The second-order valence-corrected chi connectivity index (χ2v) is 7.82. The first-order chi connectivity index (χ1) is 12.4. The summed E-state index contributed by atoms with van der Waals surface area (Å²) in [7, 11) is 0. The summed E-state index contributed by atoms with van der Waals surface area (Å²) < 4.78 is 45.3. The fourth-order valence-electron chi connectivity index (χ4n) is 3.05. The van der Waals surface area contributed by atoms with Crippen molar-refractivity contribution in [2.45, 2.75) is 39.8 Å². The summed E-state index contributed by atoms with van der Waals surface area (Å²) in [5.41, 5.74) is -0.281. The van der Waals surface area contributed by atoms with E-state index in [1.807, 2.05) is 4.90 Å². The lowest BCUT2D eigenvalue weighted by Crippen LogP contribution is -2.49. The summed E-state index contributed by atoms with van der Waals surface area (Å²) in [6, 6.07) is 2.83. The van der Waals surface area contributed by atoms with E-state index in [0.717, 1.165) is 0 Å².